The maximum atomic E-state index is 11.9. The molecular weight excluding hydrogens is 258 g/mol. The van der Waals surface area contributed by atoms with Gasteiger partial charge in [0.2, 0.25) is 0 Å². The Balaban J connectivity index is 2.03. The predicted molar refractivity (Wildman–Crippen MR) is 68.6 cm³/mol. The molecule has 0 radical (unpaired) electrons. The maximum Gasteiger partial charge on any atom is 0.187 e. The molecule has 0 saturated heterocycles. The van der Waals surface area contributed by atoms with E-state index in [1.165, 1.54) is 11.3 Å². The number of Topliss-reactive ketones (excluding diaryl/α,β-unsaturated/α-hetero) is 1. The molecule has 17 heavy (non-hydrogen) atoms. The third kappa shape index (κ3) is 3.15. The Hall–Kier alpha value is -1.17. The van der Waals surface area contributed by atoms with Gasteiger partial charge in [-0.3, -0.25) is 4.79 Å². The lowest BCUT2D eigenvalue weighted by atomic mass is 10.2. The molecule has 2 aromatic rings. The van der Waals surface area contributed by atoms with Crippen molar-refractivity contribution in [2.45, 2.75) is 13.0 Å². The summed E-state index contributed by atoms with van der Waals surface area (Å²) in [5.74, 6) is -0.000659. The molecule has 2 N–H and O–H groups in total. The van der Waals surface area contributed by atoms with Gasteiger partial charge in [-0.1, -0.05) is 11.6 Å². The van der Waals surface area contributed by atoms with Crippen LogP contribution >= 0.6 is 22.9 Å². The smallest absolute Gasteiger partial charge is 0.187 e. The third-order valence-corrected chi connectivity index (χ3v) is 3.50. The number of nitrogens with zero attached hydrogens (tertiary/aromatic N) is 2. The van der Waals surface area contributed by atoms with Gasteiger partial charge in [-0.2, -0.15) is 0 Å². The topological polar surface area (TPSA) is 60.9 Å². The molecule has 0 spiro atoms. The zero-order valence-electron chi connectivity index (χ0n) is 9.10. The van der Waals surface area contributed by atoms with Crippen LogP contribution in [0.1, 0.15) is 15.4 Å². The number of rotatable bonds is 5. The highest BCUT2D eigenvalue weighted by atomic mass is 35.5. The Labute approximate surface area is 108 Å². The molecule has 0 atom stereocenters. The van der Waals surface area contributed by atoms with Crippen LogP contribution in [0.25, 0.3) is 0 Å². The zero-order chi connectivity index (χ0) is 12.3. The highest BCUT2D eigenvalue weighted by Crippen LogP contribution is 2.22. The minimum Gasteiger partial charge on any atom is -0.335 e. The van der Waals surface area contributed by atoms with E-state index in [1.807, 2.05) is 10.6 Å². The number of ketones is 1. The van der Waals surface area contributed by atoms with Crippen molar-refractivity contribution < 1.29 is 4.79 Å². The van der Waals surface area contributed by atoms with Crippen LogP contribution in [0.3, 0.4) is 0 Å². The van der Waals surface area contributed by atoms with Gasteiger partial charge in [-0.25, -0.2) is 4.98 Å². The van der Waals surface area contributed by atoms with Gasteiger partial charge in [0.05, 0.1) is 10.7 Å². The highest BCUT2D eigenvalue weighted by Gasteiger charge is 2.11. The fraction of sp³-hybridized carbons (Fsp3) is 0.273. The van der Waals surface area contributed by atoms with Crippen molar-refractivity contribution in [2.75, 3.05) is 6.54 Å². The van der Waals surface area contributed by atoms with Crippen LogP contribution in [0.15, 0.2) is 24.7 Å². The summed E-state index contributed by atoms with van der Waals surface area (Å²) in [7, 11) is 0. The molecule has 0 aliphatic rings. The molecule has 6 heteroatoms. The number of hydrogen-bond acceptors (Lipinski definition) is 4. The summed E-state index contributed by atoms with van der Waals surface area (Å²) < 4.78 is 2.51. The number of imidazole rings is 1. The zero-order valence-corrected chi connectivity index (χ0v) is 10.7. The van der Waals surface area contributed by atoms with Gasteiger partial charge in [-0.05, 0) is 12.1 Å². The second kappa shape index (κ2) is 5.44. The minimum atomic E-state index is -0.000659. The first kappa shape index (κ1) is 12.3. The van der Waals surface area contributed by atoms with Crippen LogP contribution in [-0.2, 0) is 13.0 Å². The Morgan fingerprint density at radius 2 is 2.35 bits per heavy atom. The normalized spacial score (nSPS) is 10.7. The molecule has 0 fully saturated rings. The van der Waals surface area contributed by atoms with Crippen LogP contribution in [0.2, 0.25) is 4.34 Å². The molecule has 0 bridgehead atoms. The molecule has 2 rings (SSSR count). The predicted octanol–water partition coefficient (Wildman–Crippen LogP) is 1.98. The van der Waals surface area contributed by atoms with E-state index in [2.05, 4.69) is 4.98 Å². The Morgan fingerprint density at radius 3 is 3.00 bits per heavy atom. The molecule has 90 valence electrons. The van der Waals surface area contributed by atoms with Gasteiger partial charge < -0.3 is 10.3 Å². The number of hydrogen-bond donors (Lipinski definition) is 1. The van der Waals surface area contributed by atoms with E-state index in [0.29, 0.717) is 29.5 Å². The number of carbonyl (C=O) groups is 1. The molecule has 0 aliphatic heterocycles. The van der Waals surface area contributed by atoms with E-state index in [9.17, 15) is 4.79 Å². The Kier molecular flexibility index (Phi) is 3.93. The van der Waals surface area contributed by atoms with Crippen LogP contribution < -0.4 is 5.73 Å². The fourth-order valence-electron chi connectivity index (χ4n) is 1.47. The van der Waals surface area contributed by atoms with Crippen LogP contribution in [0.5, 0.6) is 0 Å². The number of aromatic nitrogens is 2. The van der Waals surface area contributed by atoms with Crippen molar-refractivity contribution in [3.05, 3.63) is 39.6 Å². The standard InChI is InChI=1S/C11H12ClN3OS/c12-11-2-1-8(17-11)5-10(16)9-6-15(4-3-13)7-14-9/h1-2,6-7H,3-5,13H2. The average molecular weight is 270 g/mol. The van der Waals surface area contributed by atoms with Gasteiger partial charge in [0.15, 0.2) is 5.78 Å². The Morgan fingerprint density at radius 1 is 1.53 bits per heavy atom. The Bertz CT molecular complexity index is 520. The first-order valence-electron chi connectivity index (χ1n) is 5.18. The lowest BCUT2D eigenvalue weighted by Crippen LogP contribution is -2.08. The molecule has 0 saturated carbocycles. The van der Waals surface area contributed by atoms with Gasteiger partial charge in [-0.15, -0.1) is 11.3 Å². The largest absolute Gasteiger partial charge is 0.335 e. The number of halogens is 1. The monoisotopic (exact) mass is 269 g/mol. The van der Waals surface area contributed by atoms with Crippen molar-refractivity contribution in [3.8, 4) is 0 Å². The van der Waals surface area contributed by atoms with Crippen molar-refractivity contribution in [1.82, 2.24) is 9.55 Å². The van der Waals surface area contributed by atoms with Crippen LogP contribution in [-0.4, -0.2) is 21.9 Å². The average Bonchev–Trinajstić information content (AvgIpc) is 2.88. The molecule has 4 nitrogen and oxygen atoms in total. The lowest BCUT2D eigenvalue weighted by Gasteiger charge is -1.96. The number of carbonyl (C=O) groups excluding carboxylic acids is 1. The lowest BCUT2D eigenvalue weighted by molar-refractivity contribution is 0.0989. The minimum absolute atomic E-state index is 0.000659. The molecule has 0 unspecified atom stereocenters. The first-order valence-corrected chi connectivity index (χ1v) is 6.37. The van der Waals surface area contributed by atoms with Crippen molar-refractivity contribution in [1.29, 1.82) is 0 Å². The summed E-state index contributed by atoms with van der Waals surface area (Å²) in [6.07, 6.45) is 3.70. The van der Waals surface area contributed by atoms with Crippen molar-refractivity contribution in [2.24, 2.45) is 5.73 Å². The first-order chi connectivity index (χ1) is 8.19. The number of thiophene rings is 1. The highest BCUT2D eigenvalue weighted by molar-refractivity contribution is 7.16. The molecule has 2 heterocycles. The van der Waals surface area contributed by atoms with E-state index in [1.54, 1.807) is 18.6 Å². The molecule has 0 aromatic carbocycles. The SMILES string of the molecule is NCCn1cnc(C(=O)Cc2ccc(Cl)s2)c1. The van der Waals surface area contributed by atoms with Gasteiger partial charge >= 0.3 is 0 Å². The second-order valence-corrected chi connectivity index (χ2v) is 5.39. The summed E-state index contributed by atoms with van der Waals surface area (Å²) in [4.78, 5) is 16.9. The van der Waals surface area contributed by atoms with Gasteiger partial charge in [0.25, 0.3) is 0 Å². The molecule has 2 aromatic heterocycles. The fourth-order valence-corrected chi connectivity index (χ4v) is 2.56. The van der Waals surface area contributed by atoms with E-state index < -0.39 is 0 Å². The molecule has 0 amide bonds. The summed E-state index contributed by atoms with van der Waals surface area (Å²) in [5, 5.41) is 0. The van der Waals surface area contributed by atoms with E-state index in [0.717, 1.165) is 4.88 Å². The van der Waals surface area contributed by atoms with E-state index in [4.69, 9.17) is 17.3 Å². The molecule has 0 aliphatic carbocycles. The van der Waals surface area contributed by atoms with E-state index in [-0.39, 0.29) is 5.78 Å². The third-order valence-electron chi connectivity index (χ3n) is 2.27. The quantitative estimate of drug-likeness (QED) is 0.845. The second-order valence-electron chi connectivity index (χ2n) is 3.59. The summed E-state index contributed by atoms with van der Waals surface area (Å²) in [5.41, 5.74) is 5.90. The van der Waals surface area contributed by atoms with Gasteiger partial charge in [0.1, 0.15) is 5.69 Å². The number of nitrogens with two attached hydrogens (primary N) is 1. The summed E-state index contributed by atoms with van der Waals surface area (Å²) in [6, 6.07) is 3.66. The maximum absolute atomic E-state index is 11.9. The summed E-state index contributed by atoms with van der Waals surface area (Å²) in [6.45, 7) is 1.20. The van der Waals surface area contributed by atoms with Crippen molar-refractivity contribution in [3.63, 3.8) is 0 Å². The van der Waals surface area contributed by atoms with E-state index >= 15 is 0 Å². The van der Waals surface area contributed by atoms with Crippen LogP contribution in [0, 0.1) is 0 Å². The summed E-state index contributed by atoms with van der Waals surface area (Å²) >= 11 is 7.23. The van der Waals surface area contributed by atoms with Crippen LogP contribution in [0.4, 0.5) is 0 Å². The van der Waals surface area contributed by atoms with Gasteiger partial charge in [0, 0.05) is 30.6 Å². The molecular formula is C11H12ClN3OS. The van der Waals surface area contributed by atoms with Crippen molar-refractivity contribution >= 4 is 28.7 Å².